The van der Waals surface area contributed by atoms with Crippen LogP contribution in [-0.4, -0.2) is 27.7 Å². The maximum Gasteiger partial charge on any atom is 0.316 e. The third-order valence-electron chi connectivity index (χ3n) is 2.11. The van der Waals surface area contributed by atoms with Gasteiger partial charge in [-0.2, -0.15) is 0 Å². The molecule has 2 heterocycles. The molecule has 0 bridgehead atoms. The third kappa shape index (κ3) is 2.81. The normalized spacial score (nSPS) is 10.7. The van der Waals surface area contributed by atoms with E-state index in [9.17, 15) is 4.79 Å². The summed E-state index contributed by atoms with van der Waals surface area (Å²) in [4.78, 5) is 15.5. The molecule has 0 atom stereocenters. The van der Waals surface area contributed by atoms with Crippen molar-refractivity contribution >= 4 is 39.3 Å². The number of carbonyl (C=O) groups is 1. The SMILES string of the molecule is CCOC(=O)CSc1ccc(Br)c2nccn12. The molecule has 0 saturated heterocycles. The number of thioether (sulfide) groups is 1. The minimum absolute atomic E-state index is 0.200. The first-order valence-corrected chi connectivity index (χ1v) is 6.90. The van der Waals surface area contributed by atoms with Gasteiger partial charge >= 0.3 is 5.97 Å². The summed E-state index contributed by atoms with van der Waals surface area (Å²) in [5.41, 5.74) is 0.846. The average molecular weight is 315 g/mol. The zero-order valence-corrected chi connectivity index (χ0v) is 11.6. The molecule has 2 rings (SSSR count). The summed E-state index contributed by atoms with van der Waals surface area (Å²) in [6, 6.07) is 3.87. The van der Waals surface area contributed by atoms with Crippen molar-refractivity contribution in [3.05, 3.63) is 29.0 Å². The van der Waals surface area contributed by atoms with E-state index in [-0.39, 0.29) is 5.97 Å². The first kappa shape index (κ1) is 12.4. The van der Waals surface area contributed by atoms with Gasteiger partial charge in [-0.15, -0.1) is 0 Å². The summed E-state index contributed by atoms with van der Waals surface area (Å²) in [6.07, 6.45) is 3.60. The number of halogens is 1. The standard InChI is InChI=1S/C11H11BrN2O2S/c1-2-16-10(15)7-17-9-4-3-8(12)11-13-5-6-14(9)11/h3-6H,2,7H2,1H3. The summed E-state index contributed by atoms with van der Waals surface area (Å²) >= 11 is 4.87. The second-order valence-corrected chi connectivity index (χ2v) is 5.08. The molecule has 0 aliphatic heterocycles. The third-order valence-corrected chi connectivity index (χ3v) is 3.73. The van der Waals surface area contributed by atoms with Gasteiger partial charge in [0.2, 0.25) is 0 Å². The lowest BCUT2D eigenvalue weighted by molar-refractivity contribution is -0.139. The fourth-order valence-electron chi connectivity index (χ4n) is 1.41. The van der Waals surface area contributed by atoms with Crippen LogP contribution in [0.15, 0.2) is 34.0 Å². The van der Waals surface area contributed by atoms with Crippen molar-refractivity contribution < 1.29 is 9.53 Å². The van der Waals surface area contributed by atoms with Crippen molar-refractivity contribution in [1.82, 2.24) is 9.38 Å². The molecular formula is C11H11BrN2O2S. The molecule has 0 saturated carbocycles. The number of hydrogen-bond acceptors (Lipinski definition) is 4. The van der Waals surface area contributed by atoms with Gasteiger partial charge in [-0.05, 0) is 35.0 Å². The molecule has 17 heavy (non-hydrogen) atoms. The average Bonchev–Trinajstić information content (AvgIpc) is 2.78. The fourth-order valence-corrected chi connectivity index (χ4v) is 2.64. The van der Waals surface area contributed by atoms with E-state index >= 15 is 0 Å². The number of nitrogens with zero attached hydrogens (tertiary/aromatic N) is 2. The molecule has 90 valence electrons. The number of imidazole rings is 1. The molecule has 2 aromatic rings. The van der Waals surface area contributed by atoms with Gasteiger partial charge in [0.15, 0.2) is 5.65 Å². The van der Waals surface area contributed by atoms with Crippen LogP contribution < -0.4 is 0 Å². The van der Waals surface area contributed by atoms with Crippen molar-refractivity contribution in [3.63, 3.8) is 0 Å². The van der Waals surface area contributed by atoms with Crippen LogP contribution in [0.1, 0.15) is 6.92 Å². The van der Waals surface area contributed by atoms with Crippen LogP contribution in [0.5, 0.6) is 0 Å². The smallest absolute Gasteiger partial charge is 0.316 e. The number of esters is 1. The molecule has 0 unspecified atom stereocenters. The van der Waals surface area contributed by atoms with Crippen LogP contribution in [0.4, 0.5) is 0 Å². The minimum atomic E-state index is -0.200. The largest absolute Gasteiger partial charge is 0.465 e. The fraction of sp³-hybridized carbons (Fsp3) is 0.273. The van der Waals surface area contributed by atoms with Crippen LogP contribution in [-0.2, 0) is 9.53 Å². The highest BCUT2D eigenvalue weighted by Crippen LogP contribution is 2.24. The molecule has 6 heteroatoms. The van der Waals surface area contributed by atoms with Crippen molar-refractivity contribution in [2.75, 3.05) is 12.4 Å². The highest BCUT2D eigenvalue weighted by atomic mass is 79.9. The Labute approximate surface area is 111 Å². The Kier molecular flexibility index (Phi) is 4.06. The topological polar surface area (TPSA) is 43.6 Å². The Morgan fingerprint density at radius 1 is 1.59 bits per heavy atom. The van der Waals surface area contributed by atoms with Gasteiger partial charge in [0.05, 0.1) is 21.9 Å². The van der Waals surface area contributed by atoms with Crippen molar-refractivity contribution in [1.29, 1.82) is 0 Å². The molecule has 2 aromatic heterocycles. The van der Waals surface area contributed by atoms with E-state index in [1.807, 2.05) is 22.7 Å². The van der Waals surface area contributed by atoms with Crippen LogP contribution in [0, 0.1) is 0 Å². The summed E-state index contributed by atoms with van der Waals surface area (Å²) < 4.78 is 7.76. The summed E-state index contributed by atoms with van der Waals surface area (Å²) in [7, 11) is 0. The van der Waals surface area contributed by atoms with E-state index in [2.05, 4.69) is 20.9 Å². The first-order chi connectivity index (χ1) is 8.22. The molecule has 0 radical (unpaired) electrons. The number of rotatable bonds is 4. The van der Waals surface area contributed by atoms with Crippen molar-refractivity contribution in [2.24, 2.45) is 0 Å². The molecule has 0 spiro atoms. The highest BCUT2D eigenvalue weighted by Gasteiger charge is 2.08. The van der Waals surface area contributed by atoms with E-state index in [4.69, 9.17) is 4.74 Å². The number of fused-ring (bicyclic) bond motifs is 1. The molecule has 0 amide bonds. The second kappa shape index (κ2) is 5.55. The van der Waals surface area contributed by atoms with E-state index in [1.54, 1.807) is 13.1 Å². The van der Waals surface area contributed by atoms with E-state index in [1.165, 1.54) is 11.8 Å². The van der Waals surface area contributed by atoms with Gasteiger partial charge in [-0.1, -0.05) is 11.8 Å². The lowest BCUT2D eigenvalue weighted by atomic mass is 10.5. The maximum absolute atomic E-state index is 11.3. The molecule has 0 fully saturated rings. The Bertz CT molecular complexity index is 541. The second-order valence-electron chi connectivity index (χ2n) is 3.23. The Morgan fingerprint density at radius 3 is 3.18 bits per heavy atom. The van der Waals surface area contributed by atoms with Crippen molar-refractivity contribution in [2.45, 2.75) is 11.9 Å². The zero-order valence-electron chi connectivity index (χ0n) is 9.22. The van der Waals surface area contributed by atoms with Gasteiger partial charge in [-0.3, -0.25) is 9.20 Å². The Morgan fingerprint density at radius 2 is 2.41 bits per heavy atom. The Balaban J connectivity index is 2.16. The molecule has 0 aliphatic carbocycles. The predicted molar refractivity (Wildman–Crippen MR) is 70.2 cm³/mol. The summed E-state index contributed by atoms with van der Waals surface area (Å²) in [6.45, 7) is 2.22. The van der Waals surface area contributed by atoms with Gasteiger partial charge in [0.1, 0.15) is 0 Å². The minimum Gasteiger partial charge on any atom is -0.465 e. The molecule has 0 aliphatic rings. The lowest BCUT2D eigenvalue weighted by Gasteiger charge is -2.06. The molecular weight excluding hydrogens is 304 g/mol. The number of carbonyl (C=O) groups excluding carboxylic acids is 1. The van der Waals surface area contributed by atoms with E-state index in [0.29, 0.717) is 12.4 Å². The number of hydrogen-bond donors (Lipinski definition) is 0. The van der Waals surface area contributed by atoms with Gasteiger partial charge in [0, 0.05) is 12.4 Å². The van der Waals surface area contributed by atoms with E-state index < -0.39 is 0 Å². The van der Waals surface area contributed by atoms with Crippen LogP contribution in [0.2, 0.25) is 0 Å². The molecule has 0 N–H and O–H groups in total. The van der Waals surface area contributed by atoms with Crippen LogP contribution in [0.25, 0.3) is 5.65 Å². The monoisotopic (exact) mass is 314 g/mol. The van der Waals surface area contributed by atoms with Crippen LogP contribution in [0.3, 0.4) is 0 Å². The molecule has 0 aromatic carbocycles. The van der Waals surface area contributed by atoms with Crippen molar-refractivity contribution in [3.8, 4) is 0 Å². The molecule has 4 nitrogen and oxygen atoms in total. The summed E-state index contributed by atoms with van der Waals surface area (Å²) in [5.74, 6) is 0.108. The van der Waals surface area contributed by atoms with E-state index in [0.717, 1.165) is 15.1 Å². The first-order valence-electron chi connectivity index (χ1n) is 5.12. The summed E-state index contributed by atoms with van der Waals surface area (Å²) in [5, 5.41) is 0.966. The maximum atomic E-state index is 11.3. The highest BCUT2D eigenvalue weighted by molar-refractivity contribution is 9.10. The van der Waals surface area contributed by atoms with Gasteiger partial charge in [0.25, 0.3) is 0 Å². The zero-order chi connectivity index (χ0) is 12.3. The van der Waals surface area contributed by atoms with Gasteiger partial charge in [-0.25, -0.2) is 4.98 Å². The predicted octanol–water partition coefficient (Wildman–Crippen LogP) is 2.75. The number of ether oxygens (including phenoxy) is 1. The van der Waals surface area contributed by atoms with Crippen LogP contribution >= 0.6 is 27.7 Å². The lowest BCUT2D eigenvalue weighted by Crippen LogP contribution is -2.07. The Hall–Kier alpha value is -1.01. The number of pyridine rings is 1. The van der Waals surface area contributed by atoms with Gasteiger partial charge < -0.3 is 4.74 Å². The quantitative estimate of drug-likeness (QED) is 0.643. The number of aromatic nitrogens is 2.